The van der Waals surface area contributed by atoms with Gasteiger partial charge in [0.1, 0.15) is 17.4 Å². The van der Waals surface area contributed by atoms with Gasteiger partial charge in [0.2, 0.25) is 0 Å². The smallest absolute Gasteiger partial charge is 0.313 e. The van der Waals surface area contributed by atoms with Crippen molar-refractivity contribution in [3.63, 3.8) is 0 Å². The predicted octanol–water partition coefficient (Wildman–Crippen LogP) is 1.18. The third-order valence-electron chi connectivity index (χ3n) is 1.64. The van der Waals surface area contributed by atoms with Crippen LogP contribution in [-0.4, -0.2) is 22.1 Å². The second-order valence-electron chi connectivity index (χ2n) is 2.54. The third kappa shape index (κ3) is 2.45. The third-order valence-corrected chi connectivity index (χ3v) is 1.99. The Morgan fingerprint density at radius 2 is 2.46 bits per heavy atom. The Labute approximate surface area is 81.5 Å². The van der Waals surface area contributed by atoms with Gasteiger partial charge in [0.25, 0.3) is 0 Å². The van der Waals surface area contributed by atoms with Crippen molar-refractivity contribution in [2.24, 2.45) is 7.05 Å². The van der Waals surface area contributed by atoms with Crippen molar-refractivity contribution in [3.05, 3.63) is 17.2 Å². The van der Waals surface area contributed by atoms with Crippen LogP contribution >= 0.6 is 11.6 Å². The van der Waals surface area contributed by atoms with E-state index < -0.39 is 0 Å². The van der Waals surface area contributed by atoms with E-state index in [1.807, 2.05) is 0 Å². The minimum Gasteiger partial charge on any atom is -0.466 e. The lowest BCUT2D eigenvalue weighted by Gasteiger charge is -2.02. The Hall–Kier alpha value is -1.03. The lowest BCUT2D eigenvalue weighted by molar-refractivity contribution is -0.142. The minimum absolute atomic E-state index is 0.164. The zero-order chi connectivity index (χ0) is 9.84. The first-order valence-electron chi connectivity index (χ1n) is 3.97. The molecule has 1 aromatic heterocycles. The summed E-state index contributed by atoms with van der Waals surface area (Å²) in [5.74, 6) is 0.330. The first kappa shape index (κ1) is 10.1. The number of aromatic nitrogens is 2. The Kier molecular flexibility index (Phi) is 3.31. The fourth-order valence-electron chi connectivity index (χ4n) is 0.930. The van der Waals surface area contributed by atoms with Crippen LogP contribution in [0, 0.1) is 0 Å². The van der Waals surface area contributed by atoms with Gasteiger partial charge in [0, 0.05) is 7.05 Å². The van der Waals surface area contributed by atoms with Crippen LogP contribution in [0.15, 0.2) is 6.20 Å². The van der Waals surface area contributed by atoms with Crippen molar-refractivity contribution < 1.29 is 9.53 Å². The highest BCUT2D eigenvalue weighted by atomic mass is 35.5. The quantitative estimate of drug-likeness (QED) is 0.692. The topological polar surface area (TPSA) is 44.1 Å². The normalized spacial score (nSPS) is 10.1. The maximum atomic E-state index is 11.1. The lowest BCUT2D eigenvalue weighted by Crippen LogP contribution is -2.11. The largest absolute Gasteiger partial charge is 0.466 e. The van der Waals surface area contributed by atoms with E-state index in [0.29, 0.717) is 17.6 Å². The molecule has 0 N–H and O–H groups in total. The summed E-state index contributed by atoms with van der Waals surface area (Å²) >= 11 is 5.74. The molecule has 72 valence electrons. The maximum absolute atomic E-state index is 11.1. The van der Waals surface area contributed by atoms with Crippen molar-refractivity contribution >= 4 is 17.6 Å². The molecule has 0 fully saturated rings. The maximum Gasteiger partial charge on any atom is 0.313 e. The number of hydrogen-bond donors (Lipinski definition) is 0. The number of nitrogens with zero attached hydrogens (tertiary/aromatic N) is 2. The van der Waals surface area contributed by atoms with Crippen molar-refractivity contribution in [2.75, 3.05) is 6.61 Å². The highest BCUT2D eigenvalue weighted by Gasteiger charge is 2.09. The molecule has 0 saturated heterocycles. The zero-order valence-electron chi connectivity index (χ0n) is 7.58. The van der Waals surface area contributed by atoms with Crippen molar-refractivity contribution in [1.29, 1.82) is 0 Å². The van der Waals surface area contributed by atoms with E-state index in [-0.39, 0.29) is 12.4 Å². The molecule has 1 aromatic rings. The average molecular weight is 203 g/mol. The molecule has 1 rings (SSSR count). The number of esters is 1. The highest BCUT2D eigenvalue weighted by molar-refractivity contribution is 6.29. The Morgan fingerprint density at radius 1 is 1.77 bits per heavy atom. The van der Waals surface area contributed by atoms with E-state index in [1.54, 1.807) is 18.5 Å². The average Bonchev–Trinajstić information content (AvgIpc) is 2.37. The van der Waals surface area contributed by atoms with E-state index in [0.717, 1.165) is 0 Å². The van der Waals surface area contributed by atoms with E-state index in [2.05, 4.69) is 4.98 Å². The van der Waals surface area contributed by atoms with Gasteiger partial charge in [-0.3, -0.25) is 4.79 Å². The monoisotopic (exact) mass is 202 g/mol. The van der Waals surface area contributed by atoms with Gasteiger partial charge in [-0.25, -0.2) is 4.98 Å². The molecule has 1 heterocycles. The van der Waals surface area contributed by atoms with Crippen LogP contribution in [-0.2, 0) is 23.0 Å². The molecule has 0 unspecified atom stereocenters. The molecule has 0 aromatic carbocycles. The van der Waals surface area contributed by atoms with Crippen LogP contribution in [0.1, 0.15) is 12.7 Å². The molecule has 0 bridgehead atoms. The van der Waals surface area contributed by atoms with Gasteiger partial charge in [-0.15, -0.1) is 0 Å². The first-order chi connectivity index (χ1) is 6.15. The van der Waals surface area contributed by atoms with Gasteiger partial charge >= 0.3 is 5.97 Å². The molecule has 0 spiro atoms. The van der Waals surface area contributed by atoms with E-state index >= 15 is 0 Å². The Bertz CT molecular complexity index is 309. The predicted molar refractivity (Wildman–Crippen MR) is 48.6 cm³/mol. The van der Waals surface area contributed by atoms with Gasteiger partial charge in [-0.1, -0.05) is 11.6 Å². The molecule has 4 nitrogen and oxygen atoms in total. The summed E-state index contributed by atoms with van der Waals surface area (Å²) in [5, 5.41) is 0.513. The molecule has 0 radical (unpaired) electrons. The highest BCUT2D eigenvalue weighted by Crippen LogP contribution is 2.09. The molecule has 0 amide bonds. The number of imidazole rings is 1. The van der Waals surface area contributed by atoms with Gasteiger partial charge in [0.15, 0.2) is 0 Å². The number of carbonyl (C=O) groups excluding carboxylic acids is 1. The molecule has 0 aliphatic rings. The van der Waals surface area contributed by atoms with Crippen LogP contribution in [0.5, 0.6) is 0 Å². The molecular formula is C8H11ClN2O2. The summed E-state index contributed by atoms with van der Waals surface area (Å²) in [6, 6.07) is 0. The first-order valence-corrected chi connectivity index (χ1v) is 4.34. The fraction of sp³-hybridized carbons (Fsp3) is 0.500. The second kappa shape index (κ2) is 4.28. The Balaban J connectivity index is 2.64. The van der Waals surface area contributed by atoms with Crippen LogP contribution in [0.2, 0.25) is 5.15 Å². The van der Waals surface area contributed by atoms with E-state index in [1.165, 1.54) is 6.20 Å². The SMILES string of the molecule is CCOC(=O)Cc1ncc(Cl)n1C. The minimum atomic E-state index is -0.284. The summed E-state index contributed by atoms with van der Waals surface area (Å²) in [7, 11) is 1.75. The molecule has 0 saturated carbocycles. The summed E-state index contributed by atoms with van der Waals surface area (Å²) < 4.78 is 6.43. The molecule has 0 aliphatic heterocycles. The zero-order valence-corrected chi connectivity index (χ0v) is 8.34. The van der Waals surface area contributed by atoms with Crippen LogP contribution < -0.4 is 0 Å². The number of halogens is 1. The summed E-state index contributed by atoms with van der Waals surface area (Å²) in [6.07, 6.45) is 1.67. The number of rotatable bonds is 3. The van der Waals surface area contributed by atoms with Gasteiger partial charge in [-0.2, -0.15) is 0 Å². The lowest BCUT2D eigenvalue weighted by atomic mass is 10.4. The molecular weight excluding hydrogens is 192 g/mol. The van der Waals surface area contributed by atoms with Gasteiger partial charge < -0.3 is 9.30 Å². The van der Waals surface area contributed by atoms with Crippen LogP contribution in [0.3, 0.4) is 0 Å². The molecule has 5 heteroatoms. The number of carbonyl (C=O) groups is 1. The number of ether oxygens (including phenoxy) is 1. The van der Waals surface area contributed by atoms with E-state index in [9.17, 15) is 4.79 Å². The summed E-state index contributed by atoms with van der Waals surface area (Å²) in [4.78, 5) is 15.0. The van der Waals surface area contributed by atoms with Crippen molar-refractivity contribution in [2.45, 2.75) is 13.3 Å². The van der Waals surface area contributed by atoms with Crippen LogP contribution in [0.4, 0.5) is 0 Å². The van der Waals surface area contributed by atoms with Crippen LogP contribution in [0.25, 0.3) is 0 Å². The standard InChI is InChI=1S/C8H11ClN2O2/c1-3-13-8(12)4-7-10-5-6(9)11(7)2/h5H,3-4H2,1-2H3. The second-order valence-corrected chi connectivity index (χ2v) is 2.93. The van der Waals surface area contributed by atoms with Gasteiger partial charge in [0.05, 0.1) is 12.8 Å². The van der Waals surface area contributed by atoms with Gasteiger partial charge in [-0.05, 0) is 6.92 Å². The van der Waals surface area contributed by atoms with E-state index in [4.69, 9.17) is 16.3 Å². The fourth-order valence-corrected chi connectivity index (χ4v) is 1.08. The van der Waals surface area contributed by atoms with Crippen molar-refractivity contribution in [3.8, 4) is 0 Å². The molecule has 0 atom stereocenters. The van der Waals surface area contributed by atoms with Crippen molar-refractivity contribution in [1.82, 2.24) is 9.55 Å². The molecule has 13 heavy (non-hydrogen) atoms. The summed E-state index contributed by atoms with van der Waals surface area (Å²) in [6.45, 7) is 2.15. The Morgan fingerprint density at radius 3 is 2.92 bits per heavy atom. The molecule has 0 aliphatic carbocycles. The summed E-state index contributed by atoms with van der Waals surface area (Å²) in [5.41, 5.74) is 0. The number of hydrogen-bond acceptors (Lipinski definition) is 3.